The van der Waals surface area contributed by atoms with Crippen molar-refractivity contribution < 1.29 is 24.2 Å². The van der Waals surface area contributed by atoms with Crippen molar-refractivity contribution in [3.63, 3.8) is 0 Å². The number of rotatable bonds is 10. The minimum absolute atomic E-state index is 0.225. The van der Waals surface area contributed by atoms with Crippen LogP contribution in [-0.4, -0.2) is 63.6 Å². The second-order valence-electron chi connectivity index (χ2n) is 11.1. The minimum atomic E-state index is -1.58. The van der Waals surface area contributed by atoms with E-state index in [1.54, 1.807) is 32.2 Å². The molecule has 8 nitrogen and oxygen atoms in total. The van der Waals surface area contributed by atoms with Gasteiger partial charge in [-0.2, -0.15) is 0 Å². The molecule has 0 aliphatic carbocycles. The van der Waals surface area contributed by atoms with Crippen molar-refractivity contribution in [2.24, 2.45) is 0 Å². The average Bonchev–Trinajstić information content (AvgIpc) is 3.30. The maximum absolute atomic E-state index is 13.9. The van der Waals surface area contributed by atoms with E-state index in [4.69, 9.17) is 4.74 Å². The molecule has 0 bridgehead atoms. The standard InChI is InChI=1S/C33H39N3O5S/c1-21-11-9-10-14-24(21)19-34-31(39)29-33(3,4)42-20-36(29)32(40)28(37)27(18-23-12-7-6-8-13-23)35-30(38)26-16-15-25(41-5)17-22(26)2/h6-17,27-29,37H,18-20H2,1-5H3,(H,34,39)(H,35,38). The van der Waals surface area contributed by atoms with Crippen molar-refractivity contribution >= 4 is 29.5 Å². The van der Waals surface area contributed by atoms with Crippen LogP contribution in [0.25, 0.3) is 0 Å². The number of hydrogen-bond acceptors (Lipinski definition) is 6. The zero-order chi connectivity index (χ0) is 30.4. The number of aliphatic hydroxyl groups excluding tert-OH is 1. The molecule has 4 rings (SSSR count). The second kappa shape index (κ2) is 13.4. The quantitative estimate of drug-likeness (QED) is 0.330. The molecule has 1 aliphatic heterocycles. The highest BCUT2D eigenvalue weighted by atomic mass is 32.2. The molecule has 42 heavy (non-hydrogen) atoms. The Hall–Kier alpha value is -3.82. The number of carbonyl (C=O) groups is 3. The van der Waals surface area contributed by atoms with Crippen LogP contribution in [0, 0.1) is 13.8 Å². The van der Waals surface area contributed by atoms with Crippen LogP contribution in [0.3, 0.4) is 0 Å². The Morgan fingerprint density at radius 1 is 1.02 bits per heavy atom. The predicted molar refractivity (Wildman–Crippen MR) is 165 cm³/mol. The number of nitrogens with one attached hydrogen (secondary N) is 2. The molecule has 9 heteroatoms. The number of nitrogens with zero attached hydrogens (tertiary/aromatic N) is 1. The zero-order valence-electron chi connectivity index (χ0n) is 24.7. The normalized spacial score (nSPS) is 17.3. The summed E-state index contributed by atoms with van der Waals surface area (Å²) in [6.45, 7) is 7.96. The van der Waals surface area contributed by atoms with Crippen molar-refractivity contribution in [3.8, 4) is 5.75 Å². The van der Waals surface area contributed by atoms with Gasteiger partial charge in [0.1, 0.15) is 11.8 Å². The number of benzene rings is 3. The molecule has 3 aromatic carbocycles. The second-order valence-corrected chi connectivity index (χ2v) is 12.7. The number of aryl methyl sites for hydroxylation is 2. The van der Waals surface area contributed by atoms with Gasteiger partial charge < -0.3 is 25.4 Å². The van der Waals surface area contributed by atoms with Crippen LogP contribution in [-0.2, 0) is 22.6 Å². The fourth-order valence-electron chi connectivity index (χ4n) is 5.22. The largest absolute Gasteiger partial charge is 0.497 e. The van der Waals surface area contributed by atoms with Gasteiger partial charge in [-0.15, -0.1) is 11.8 Å². The molecule has 1 saturated heterocycles. The van der Waals surface area contributed by atoms with E-state index < -0.39 is 34.7 Å². The lowest BCUT2D eigenvalue weighted by atomic mass is 9.96. The van der Waals surface area contributed by atoms with Crippen molar-refractivity contribution in [2.45, 2.75) is 63.6 Å². The Kier molecular flexibility index (Phi) is 9.96. The number of carbonyl (C=O) groups excluding carboxylic acids is 3. The fraction of sp³-hybridized carbons (Fsp3) is 0.364. The number of hydrogen-bond donors (Lipinski definition) is 3. The number of thioether (sulfide) groups is 1. The van der Waals surface area contributed by atoms with Gasteiger partial charge in [0, 0.05) is 16.9 Å². The smallest absolute Gasteiger partial charge is 0.254 e. The van der Waals surface area contributed by atoms with Crippen LogP contribution in [0.4, 0.5) is 0 Å². The third-order valence-corrected chi connectivity index (χ3v) is 9.09. The highest BCUT2D eigenvalue weighted by Crippen LogP contribution is 2.40. The first-order valence-electron chi connectivity index (χ1n) is 14.0. The monoisotopic (exact) mass is 589 g/mol. The van der Waals surface area contributed by atoms with E-state index in [0.717, 1.165) is 16.7 Å². The summed E-state index contributed by atoms with van der Waals surface area (Å²) in [7, 11) is 1.56. The van der Waals surface area contributed by atoms with Crippen molar-refractivity contribution in [1.29, 1.82) is 0 Å². The van der Waals surface area contributed by atoms with E-state index in [1.807, 2.05) is 75.4 Å². The molecule has 222 valence electrons. The van der Waals surface area contributed by atoms with E-state index >= 15 is 0 Å². The molecule has 0 saturated carbocycles. The molecule has 3 amide bonds. The summed E-state index contributed by atoms with van der Waals surface area (Å²) in [4.78, 5) is 42.2. The van der Waals surface area contributed by atoms with E-state index in [9.17, 15) is 19.5 Å². The summed E-state index contributed by atoms with van der Waals surface area (Å²) in [5.41, 5.74) is 4.03. The first kappa shape index (κ1) is 31.1. The summed E-state index contributed by atoms with van der Waals surface area (Å²) in [5.74, 6) is -0.426. The lowest BCUT2D eigenvalue weighted by Crippen LogP contribution is -2.58. The van der Waals surface area contributed by atoms with Gasteiger partial charge in [-0.1, -0.05) is 54.6 Å². The lowest BCUT2D eigenvalue weighted by molar-refractivity contribution is -0.147. The molecule has 1 heterocycles. The Morgan fingerprint density at radius 2 is 1.71 bits per heavy atom. The number of methoxy groups -OCH3 is 1. The summed E-state index contributed by atoms with van der Waals surface area (Å²) < 4.78 is 4.67. The van der Waals surface area contributed by atoms with Crippen LogP contribution in [0.15, 0.2) is 72.8 Å². The Bertz CT molecular complexity index is 1430. The van der Waals surface area contributed by atoms with Crippen LogP contribution in [0.1, 0.15) is 46.5 Å². The van der Waals surface area contributed by atoms with E-state index in [0.29, 0.717) is 23.4 Å². The van der Waals surface area contributed by atoms with Crippen molar-refractivity contribution in [2.75, 3.05) is 13.0 Å². The van der Waals surface area contributed by atoms with E-state index in [-0.39, 0.29) is 18.2 Å². The van der Waals surface area contributed by atoms with E-state index in [2.05, 4.69) is 10.6 Å². The van der Waals surface area contributed by atoms with E-state index in [1.165, 1.54) is 16.7 Å². The predicted octanol–water partition coefficient (Wildman–Crippen LogP) is 4.01. The number of amides is 3. The molecular weight excluding hydrogens is 550 g/mol. The van der Waals surface area contributed by atoms with Gasteiger partial charge in [0.25, 0.3) is 11.8 Å². The number of ether oxygens (including phenoxy) is 1. The molecule has 0 radical (unpaired) electrons. The van der Waals surface area contributed by atoms with Gasteiger partial charge in [0.2, 0.25) is 5.91 Å². The van der Waals surface area contributed by atoms with Crippen LogP contribution in [0.2, 0.25) is 0 Å². The fourth-order valence-corrected chi connectivity index (χ4v) is 6.36. The van der Waals surface area contributed by atoms with Gasteiger partial charge in [0.05, 0.1) is 19.0 Å². The summed E-state index contributed by atoms with van der Waals surface area (Å²) in [6, 6.07) is 20.6. The van der Waals surface area contributed by atoms with Gasteiger partial charge in [-0.3, -0.25) is 14.4 Å². The average molecular weight is 590 g/mol. The summed E-state index contributed by atoms with van der Waals surface area (Å²) in [5, 5.41) is 17.4. The lowest BCUT2D eigenvalue weighted by Gasteiger charge is -2.33. The van der Waals surface area contributed by atoms with Gasteiger partial charge >= 0.3 is 0 Å². The van der Waals surface area contributed by atoms with Crippen LogP contribution < -0.4 is 15.4 Å². The summed E-state index contributed by atoms with van der Waals surface area (Å²) in [6.07, 6.45) is -1.35. The van der Waals surface area contributed by atoms with Crippen LogP contribution in [0.5, 0.6) is 5.75 Å². The van der Waals surface area contributed by atoms with Crippen molar-refractivity contribution in [3.05, 3.63) is 101 Å². The van der Waals surface area contributed by atoms with Gasteiger partial charge in [-0.05, 0) is 74.6 Å². The molecule has 0 spiro atoms. The first-order valence-corrected chi connectivity index (χ1v) is 14.9. The summed E-state index contributed by atoms with van der Waals surface area (Å²) >= 11 is 1.48. The zero-order valence-corrected chi connectivity index (χ0v) is 25.5. The first-order chi connectivity index (χ1) is 20.0. The molecule has 1 aliphatic rings. The van der Waals surface area contributed by atoms with Gasteiger partial charge in [-0.25, -0.2) is 0 Å². The van der Waals surface area contributed by atoms with Crippen molar-refractivity contribution in [1.82, 2.24) is 15.5 Å². The molecule has 3 aromatic rings. The molecule has 0 aromatic heterocycles. The maximum atomic E-state index is 13.9. The highest BCUT2D eigenvalue weighted by Gasteiger charge is 2.49. The molecule has 3 unspecified atom stereocenters. The molecule has 1 fully saturated rings. The maximum Gasteiger partial charge on any atom is 0.254 e. The van der Waals surface area contributed by atoms with Gasteiger partial charge in [0.15, 0.2) is 6.10 Å². The third kappa shape index (κ3) is 7.14. The molecular formula is C33H39N3O5S. The molecule has 3 atom stereocenters. The number of aliphatic hydroxyl groups is 1. The minimum Gasteiger partial charge on any atom is -0.497 e. The molecule has 3 N–H and O–H groups in total. The Balaban J connectivity index is 1.55. The Morgan fingerprint density at radius 3 is 2.38 bits per heavy atom. The van der Waals surface area contributed by atoms with Crippen LogP contribution >= 0.6 is 11.8 Å². The topological polar surface area (TPSA) is 108 Å². The third-order valence-electron chi connectivity index (χ3n) is 7.72. The highest BCUT2D eigenvalue weighted by molar-refractivity contribution is 8.00. The SMILES string of the molecule is COc1ccc(C(=O)NC(Cc2ccccc2)C(O)C(=O)N2CSC(C)(C)C2C(=O)NCc2ccccc2C)c(C)c1. The Labute approximate surface area is 251 Å².